The second kappa shape index (κ2) is 6.49. The Balaban J connectivity index is 1.62. The highest BCUT2D eigenvalue weighted by Gasteiger charge is 2.34. The Hall–Kier alpha value is -2.53. The van der Waals surface area contributed by atoms with Gasteiger partial charge < -0.3 is 14.6 Å². The van der Waals surface area contributed by atoms with E-state index >= 15 is 0 Å². The maximum Gasteiger partial charge on any atom is 0.412 e. The lowest BCUT2D eigenvalue weighted by Crippen LogP contribution is -2.30. The molecular formula is C17H17NO4. The number of benzene rings is 2. The van der Waals surface area contributed by atoms with Gasteiger partial charge in [0.15, 0.2) is 0 Å². The Bertz CT molecular complexity index is 627. The van der Waals surface area contributed by atoms with Gasteiger partial charge in [-0.25, -0.2) is 4.79 Å². The standard InChI is InChI=1S/C17H17NO4/c19-15-8-6-14(7-9-15)16-11-22-17(20)18(16)12-21-10-13-4-2-1-3-5-13/h1-9,16,19H,10-12H2. The van der Waals surface area contributed by atoms with E-state index in [1.165, 1.54) is 0 Å². The Labute approximate surface area is 128 Å². The third kappa shape index (κ3) is 3.20. The maximum atomic E-state index is 11.8. The zero-order valence-corrected chi connectivity index (χ0v) is 12.0. The van der Waals surface area contributed by atoms with Crippen LogP contribution < -0.4 is 0 Å². The number of amides is 1. The van der Waals surface area contributed by atoms with Crippen molar-refractivity contribution >= 4 is 6.09 Å². The van der Waals surface area contributed by atoms with Gasteiger partial charge in [-0.05, 0) is 23.3 Å². The Morgan fingerprint density at radius 3 is 2.59 bits per heavy atom. The number of hydrogen-bond acceptors (Lipinski definition) is 4. The van der Waals surface area contributed by atoms with E-state index in [1.807, 2.05) is 30.3 Å². The minimum atomic E-state index is -0.383. The van der Waals surface area contributed by atoms with Crippen molar-refractivity contribution in [3.8, 4) is 5.75 Å². The summed E-state index contributed by atoms with van der Waals surface area (Å²) in [7, 11) is 0. The van der Waals surface area contributed by atoms with Crippen LogP contribution in [0.25, 0.3) is 0 Å². The molecule has 5 nitrogen and oxygen atoms in total. The fourth-order valence-electron chi connectivity index (χ4n) is 2.40. The van der Waals surface area contributed by atoms with Gasteiger partial charge in [-0.15, -0.1) is 0 Å². The molecule has 1 saturated heterocycles. The molecule has 0 radical (unpaired) electrons. The third-order valence-electron chi connectivity index (χ3n) is 3.60. The second-order valence-corrected chi connectivity index (χ2v) is 5.12. The Kier molecular flexibility index (Phi) is 4.25. The summed E-state index contributed by atoms with van der Waals surface area (Å²) in [6, 6.07) is 16.4. The van der Waals surface area contributed by atoms with Crippen LogP contribution in [0, 0.1) is 0 Å². The van der Waals surface area contributed by atoms with Crippen LogP contribution in [0.3, 0.4) is 0 Å². The molecule has 1 fully saturated rings. The Morgan fingerprint density at radius 1 is 1.14 bits per heavy atom. The van der Waals surface area contributed by atoms with E-state index in [2.05, 4.69) is 0 Å². The van der Waals surface area contributed by atoms with E-state index in [0.29, 0.717) is 6.61 Å². The van der Waals surface area contributed by atoms with Crippen LogP contribution in [0.15, 0.2) is 54.6 Å². The van der Waals surface area contributed by atoms with E-state index in [4.69, 9.17) is 9.47 Å². The number of phenolic OH excluding ortho intramolecular Hbond substituents is 1. The van der Waals surface area contributed by atoms with Crippen molar-refractivity contribution in [1.82, 2.24) is 4.90 Å². The molecule has 1 aliphatic heterocycles. The molecule has 0 aromatic heterocycles. The van der Waals surface area contributed by atoms with E-state index in [-0.39, 0.29) is 31.2 Å². The van der Waals surface area contributed by atoms with E-state index in [1.54, 1.807) is 29.2 Å². The first-order valence-electron chi connectivity index (χ1n) is 7.08. The molecule has 1 aliphatic rings. The number of nitrogens with zero attached hydrogens (tertiary/aromatic N) is 1. The third-order valence-corrected chi connectivity index (χ3v) is 3.60. The average Bonchev–Trinajstić information content (AvgIpc) is 2.90. The highest BCUT2D eigenvalue weighted by Crippen LogP contribution is 2.28. The summed E-state index contributed by atoms with van der Waals surface area (Å²) in [6.45, 7) is 0.893. The number of phenols is 1. The molecule has 1 atom stereocenters. The quantitative estimate of drug-likeness (QED) is 0.922. The number of ether oxygens (including phenoxy) is 2. The largest absolute Gasteiger partial charge is 0.508 e. The molecule has 0 bridgehead atoms. The number of carbonyl (C=O) groups excluding carboxylic acids is 1. The first kappa shape index (κ1) is 14.4. The predicted molar refractivity (Wildman–Crippen MR) is 80.1 cm³/mol. The van der Waals surface area contributed by atoms with E-state index < -0.39 is 0 Å². The smallest absolute Gasteiger partial charge is 0.412 e. The normalized spacial score (nSPS) is 17.5. The van der Waals surface area contributed by atoms with Gasteiger partial charge in [0.2, 0.25) is 0 Å². The van der Waals surface area contributed by atoms with Crippen LogP contribution >= 0.6 is 0 Å². The first-order valence-corrected chi connectivity index (χ1v) is 7.08. The van der Waals surface area contributed by atoms with E-state index in [0.717, 1.165) is 11.1 Å². The summed E-state index contributed by atoms with van der Waals surface area (Å²) in [5, 5.41) is 9.35. The fourth-order valence-corrected chi connectivity index (χ4v) is 2.40. The fraction of sp³-hybridized carbons (Fsp3) is 0.235. The number of cyclic esters (lactones) is 1. The van der Waals surface area contributed by atoms with Gasteiger partial charge in [0, 0.05) is 0 Å². The van der Waals surface area contributed by atoms with Gasteiger partial charge in [-0.1, -0.05) is 42.5 Å². The van der Waals surface area contributed by atoms with Crippen molar-refractivity contribution in [2.24, 2.45) is 0 Å². The molecule has 5 heteroatoms. The minimum Gasteiger partial charge on any atom is -0.508 e. The first-order chi connectivity index (χ1) is 10.7. The predicted octanol–water partition coefficient (Wildman–Crippen LogP) is 3.06. The van der Waals surface area contributed by atoms with Gasteiger partial charge in [0.25, 0.3) is 0 Å². The zero-order valence-electron chi connectivity index (χ0n) is 12.0. The summed E-state index contributed by atoms with van der Waals surface area (Å²) >= 11 is 0. The van der Waals surface area contributed by atoms with Crippen LogP contribution in [0.5, 0.6) is 5.75 Å². The molecule has 1 amide bonds. The van der Waals surface area contributed by atoms with E-state index in [9.17, 15) is 9.90 Å². The molecule has 22 heavy (non-hydrogen) atoms. The monoisotopic (exact) mass is 299 g/mol. The van der Waals surface area contributed by atoms with Gasteiger partial charge in [-0.2, -0.15) is 0 Å². The van der Waals surface area contributed by atoms with Gasteiger partial charge in [-0.3, -0.25) is 4.90 Å². The molecule has 0 aliphatic carbocycles. The lowest BCUT2D eigenvalue weighted by molar-refractivity contribution is 0.0289. The molecule has 114 valence electrons. The summed E-state index contributed by atoms with van der Waals surface area (Å²) < 4.78 is 10.7. The average molecular weight is 299 g/mol. The summed E-state index contributed by atoms with van der Waals surface area (Å²) in [4.78, 5) is 13.4. The number of carbonyl (C=O) groups is 1. The number of hydrogen-bond donors (Lipinski definition) is 1. The summed E-state index contributed by atoms with van der Waals surface area (Å²) in [5.41, 5.74) is 1.96. The van der Waals surface area contributed by atoms with Gasteiger partial charge in [0.05, 0.1) is 12.6 Å². The molecule has 3 rings (SSSR count). The van der Waals surface area contributed by atoms with Crippen LogP contribution in [-0.4, -0.2) is 29.4 Å². The van der Waals surface area contributed by atoms with Crippen molar-refractivity contribution in [2.45, 2.75) is 12.6 Å². The van der Waals surface area contributed by atoms with Crippen molar-refractivity contribution in [3.63, 3.8) is 0 Å². The minimum absolute atomic E-state index is 0.166. The molecule has 1 unspecified atom stereocenters. The number of rotatable bonds is 5. The van der Waals surface area contributed by atoms with Crippen LogP contribution in [0.4, 0.5) is 4.79 Å². The van der Waals surface area contributed by atoms with Gasteiger partial charge in [0.1, 0.15) is 19.1 Å². The molecule has 2 aromatic rings. The Morgan fingerprint density at radius 2 is 1.86 bits per heavy atom. The topological polar surface area (TPSA) is 59.0 Å². The SMILES string of the molecule is O=C1OCC(c2ccc(O)cc2)N1COCc1ccccc1. The number of aromatic hydroxyl groups is 1. The molecule has 0 saturated carbocycles. The van der Waals surface area contributed by atoms with Crippen molar-refractivity contribution in [2.75, 3.05) is 13.3 Å². The van der Waals surface area contributed by atoms with Crippen molar-refractivity contribution in [3.05, 3.63) is 65.7 Å². The molecule has 1 heterocycles. The highest BCUT2D eigenvalue weighted by atomic mass is 16.6. The second-order valence-electron chi connectivity index (χ2n) is 5.12. The summed E-state index contributed by atoms with van der Waals surface area (Å²) in [6.07, 6.45) is -0.383. The molecule has 2 aromatic carbocycles. The highest BCUT2D eigenvalue weighted by molar-refractivity contribution is 5.70. The summed E-state index contributed by atoms with van der Waals surface area (Å²) in [5.74, 6) is 0.195. The van der Waals surface area contributed by atoms with Gasteiger partial charge >= 0.3 is 6.09 Å². The van der Waals surface area contributed by atoms with Crippen LogP contribution in [-0.2, 0) is 16.1 Å². The lowest BCUT2D eigenvalue weighted by Gasteiger charge is -2.21. The zero-order chi connectivity index (χ0) is 15.4. The van der Waals surface area contributed by atoms with Crippen LogP contribution in [0.1, 0.15) is 17.2 Å². The maximum absolute atomic E-state index is 11.8. The van der Waals surface area contributed by atoms with Crippen molar-refractivity contribution < 1.29 is 19.4 Å². The van der Waals surface area contributed by atoms with Crippen molar-refractivity contribution in [1.29, 1.82) is 0 Å². The molecular weight excluding hydrogens is 282 g/mol. The lowest BCUT2D eigenvalue weighted by atomic mass is 10.1. The molecule has 1 N–H and O–H groups in total. The van der Waals surface area contributed by atoms with Crippen LogP contribution in [0.2, 0.25) is 0 Å². The molecule has 0 spiro atoms.